The van der Waals surface area contributed by atoms with Gasteiger partial charge in [0.15, 0.2) is 0 Å². The van der Waals surface area contributed by atoms with Crippen molar-refractivity contribution >= 4 is 29.9 Å². The van der Waals surface area contributed by atoms with Gasteiger partial charge in [-0.1, -0.05) is 12.1 Å². The van der Waals surface area contributed by atoms with E-state index in [0.717, 1.165) is 37.2 Å². The lowest BCUT2D eigenvalue weighted by Crippen LogP contribution is -2.37. The average Bonchev–Trinajstić information content (AvgIpc) is 2.54. The molecule has 2 N–H and O–H groups in total. The van der Waals surface area contributed by atoms with E-state index in [-0.39, 0.29) is 36.2 Å². The third kappa shape index (κ3) is 5.80. The number of hydrogen-bond donors (Lipinski definition) is 2. The van der Waals surface area contributed by atoms with Gasteiger partial charge in [-0.2, -0.15) is 0 Å². The molecule has 1 aromatic carbocycles. The number of hydrogen-bond acceptors (Lipinski definition) is 3. The van der Waals surface area contributed by atoms with E-state index in [9.17, 15) is 9.59 Å². The molecule has 1 aliphatic rings. The maximum atomic E-state index is 12.2. The van der Waals surface area contributed by atoms with Gasteiger partial charge in [0.25, 0.3) is 0 Å². The third-order valence-electron chi connectivity index (χ3n) is 4.27. The highest BCUT2D eigenvalue weighted by molar-refractivity contribution is 5.92. The van der Waals surface area contributed by atoms with Gasteiger partial charge in [0.1, 0.15) is 0 Å². The first kappa shape index (κ1) is 20.5. The Kier molecular flexibility index (Phi) is 8.22. The SMILES string of the molecule is CC(=O)N(Cc1ccc(NC(=O)C2CCCNC2)cc1)C(C)C.Cl. The number of halogens is 1. The smallest absolute Gasteiger partial charge is 0.228 e. The van der Waals surface area contributed by atoms with Crippen LogP contribution < -0.4 is 10.6 Å². The number of carbonyl (C=O) groups excluding carboxylic acids is 2. The summed E-state index contributed by atoms with van der Waals surface area (Å²) in [6, 6.07) is 7.91. The highest BCUT2D eigenvalue weighted by Gasteiger charge is 2.20. The van der Waals surface area contributed by atoms with Crippen molar-refractivity contribution in [3.05, 3.63) is 29.8 Å². The molecule has 6 heteroatoms. The molecule has 1 heterocycles. The van der Waals surface area contributed by atoms with Gasteiger partial charge < -0.3 is 15.5 Å². The molecule has 1 saturated heterocycles. The second kappa shape index (κ2) is 9.64. The van der Waals surface area contributed by atoms with Crippen molar-refractivity contribution in [1.82, 2.24) is 10.2 Å². The van der Waals surface area contributed by atoms with Crippen molar-refractivity contribution in [2.75, 3.05) is 18.4 Å². The van der Waals surface area contributed by atoms with Gasteiger partial charge in [-0.15, -0.1) is 12.4 Å². The average molecular weight is 354 g/mol. The molecule has 0 saturated carbocycles. The number of nitrogens with zero attached hydrogens (tertiary/aromatic N) is 1. The zero-order valence-electron chi connectivity index (χ0n) is 14.7. The standard InChI is InChI=1S/C18H27N3O2.ClH/c1-13(2)21(14(3)22)12-15-6-8-17(9-7-15)20-18(23)16-5-4-10-19-11-16;/h6-9,13,16,19H,4-5,10-12H2,1-3H3,(H,20,23);1H. The molecule has 1 aromatic rings. The Balaban J connectivity index is 0.00000288. The van der Waals surface area contributed by atoms with Crippen LogP contribution in [0.4, 0.5) is 5.69 Å². The predicted octanol–water partition coefficient (Wildman–Crippen LogP) is 2.80. The topological polar surface area (TPSA) is 61.4 Å². The summed E-state index contributed by atoms with van der Waals surface area (Å²) in [5.41, 5.74) is 1.87. The molecule has 1 unspecified atom stereocenters. The van der Waals surface area contributed by atoms with E-state index in [1.165, 1.54) is 0 Å². The van der Waals surface area contributed by atoms with Gasteiger partial charge in [0.2, 0.25) is 11.8 Å². The minimum Gasteiger partial charge on any atom is -0.336 e. The normalized spacial score (nSPS) is 17.1. The molecular formula is C18H28ClN3O2. The summed E-state index contributed by atoms with van der Waals surface area (Å²) in [6.45, 7) is 7.95. The Labute approximate surface area is 150 Å². The van der Waals surface area contributed by atoms with Gasteiger partial charge in [-0.3, -0.25) is 9.59 Å². The summed E-state index contributed by atoms with van der Waals surface area (Å²) in [7, 11) is 0. The van der Waals surface area contributed by atoms with Crippen LogP contribution in [-0.4, -0.2) is 35.8 Å². The largest absolute Gasteiger partial charge is 0.336 e. The molecule has 2 amide bonds. The number of piperidine rings is 1. The molecule has 0 radical (unpaired) electrons. The fourth-order valence-electron chi connectivity index (χ4n) is 2.87. The molecule has 1 atom stereocenters. The van der Waals surface area contributed by atoms with Crippen molar-refractivity contribution in [3.63, 3.8) is 0 Å². The zero-order valence-corrected chi connectivity index (χ0v) is 15.5. The highest BCUT2D eigenvalue weighted by Crippen LogP contribution is 2.16. The molecule has 0 spiro atoms. The maximum Gasteiger partial charge on any atom is 0.228 e. The maximum absolute atomic E-state index is 12.2. The molecule has 134 valence electrons. The van der Waals surface area contributed by atoms with Crippen molar-refractivity contribution in [3.8, 4) is 0 Å². The highest BCUT2D eigenvalue weighted by atomic mass is 35.5. The fraction of sp³-hybridized carbons (Fsp3) is 0.556. The minimum absolute atomic E-state index is 0. The van der Waals surface area contributed by atoms with E-state index in [4.69, 9.17) is 0 Å². The Hall–Kier alpha value is -1.59. The number of amides is 2. The summed E-state index contributed by atoms with van der Waals surface area (Å²) >= 11 is 0. The first-order chi connectivity index (χ1) is 11.0. The van der Waals surface area contributed by atoms with Crippen LogP contribution in [0.3, 0.4) is 0 Å². The summed E-state index contributed by atoms with van der Waals surface area (Å²) in [5, 5.41) is 6.23. The molecule has 0 aliphatic carbocycles. The third-order valence-corrected chi connectivity index (χ3v) is 4.27. The first-order valence-electron chi connectivity index (χ1n) is 8.35. The van der Waals surface area contributed by atoms with E-state index < -0.39 is 0 Å². The van der Waals surface area contributed by atoms with Gasteiger partial charge in [0, 0.05) is 31.7 Å². The van der Waals surface area contributed by atoms with Crippen LogP contribution in [0.15, 0.2) is 24.3 Å². The summed E-state index contributed by atoms with van der Waals surface area (Å²) in [6.07, 6.45) is 1.99. The van der Waals surface area contributed by atoms with Crippen LogP contribution in [0.1, 0.15) is 39.2 Å². The monoisotopic (exact) mass is 353 g/mol. The fourth-order valence-corrected chi connectivity index (χ4v) is 2.87. The lowest BCUT2D eigenvalue weighted by atomic mass is 9.99. The van der Waals surface area contributed by atoms with Crippen molar-refractivity contribution < 1.29 is 9.59 Å². The van der Waals surface area contributed by atoms with Crippen molar-refractivity contribution in [2.45, 2.75) is 46.2 Å². The van der Waals surface area contributed by atoms with E-state index in [0.29, 0.717) is 6.54 Å². The van der Waals surface area contributed by atoms with Gasteiger partial charge in [0.05, 0.1) is 5.92 Å². The predicted molar refractivity (Wildman–Crippen MR) is 99.3 cm³/mol. The van der Waals surface area contributed by atoms with Gasteiger partial charge in [-0.05, 0) is 50.9 Å². The summed E-state index contributed by atoms with van der Waals surface area (Å²) in [4.78, 5) is 25.7. The van der Waals surface area contributed by atoms with Crippen LogP contribution in [0.25, 0.3) is 0 Å². The first-order valence-corrected chi connectivity index (χ1v) is 8.35. The Bertz CT molecular complexity index is 540. The molecule has 1 aliphatic heterocycles. The Morgan fingerprint density at radius 3 is 2.46 bits per heavy atom. The molecule has 0 bridgehead atoms. The second-order valence-corrected chi connectivity index (χ2v) is 6.47. The van der Waals surface area contributed by atoms with E-state index in [1.807, 2.05) is 43.0 Å². The molecule has 1 fully saturated rings. The van der Waals surface area contributed by atoms with Gasteiger partial charge in [-0.25, -0.2) is 0 Å². The van der Waals surface area contributed by atoms with Crippen LogP contribution >= 0.6 is 12.4 Å². The summed E-state index contributed by atoms with van der Waals surface area (Å²) in [5.74, 6) is 0.206. The summed E-state index contributed by atoms with van der Waals surface area (Å²) < 4.78 is 0. The van der Waals surface area contributed by atoms with Crippen LogP contribution in [0, 0.1) is 5.92 Å². The van der Waals surface area contributed by atoms with Crippen LogP contribution in [0.5, 0.6) is 0 Å². The number of carbonyl (C=O) groups is 2. The number of anilines is 1. The minimum atomic E-state index is 0. The van der Waals surface area contributed by atoms with Crippen LogP contribution in [-0.2, 0) is 16.1 Å². The second-order valence-electron chi connectivity index (χ2n) is 6.47. The lowest BCUT2D eigenvalue weighted by molar-refractivity contribution is -0.131. The molecule has 24 heavy (non-hydrogen) atoms. The van der Waals surface area contributed by atoms with E-state index in [2.05, 4.69) is 10.6 Å². The molecular weight excluding hydrogens is 326 g/mol. The van der Waals surface area contributed by atoms with E-state index >= 15 is 0 Å². The van der Waals surface area contributed by atoms with Crippen molar-refractivity contribution in [2.24, 2.45) is 5.92 Å². The van der Waals surface area contributed by atoms with Crippen molar-refractivity contribution in [1.29, 1.82) is 0 Å². The Morgan fingerprint density at radius 2 is 1.96 bits per heavy atom. The van der Waals surface area contributed by atoms with Crippen LogP contribution in [0.2, 0.25) is 0 Å². The van der Waals surface area contributed by atoms with E-state index in [1.54, 1.807) is 6.92 Å². The molecule has 2 rings (SSSR count). The quantitative estimate of drug-likeness (QED) is 0.855. The molecule has 0 aromatic heterocycles. The van der Waals surface area contributed by atoms with Gasteiger partial charge >= 0.3 is 0 Å². The number of benzene rings is 1. The lowest BCUT2D eigenvalue weighted by Gasteiger charge is -2.25. The molecule has 5 nitrogen and oxygen atoms in total. The number of rotatable bonds is 5. The Morgan fingerprint density at radius 1 is 1.29 bits per heavy atom. The zero-order chi connectivity index (χ0) is 16.8. The number of nitrogens with one attached hydrogen (secondary N) is 2.